The number of hydrogen-bond acceptors (Lipinski definition) is 6. The van der Waals surface area contributed by atoms with Gasteiger partial charge in [-0.05, 0) is 73.2 Å². The average molecular weight is 469 g/mol. The van der Waals surface area contributed by atoms with Crippen LogP contribution in [0.2, 0.25) is 0 Å². The molecule has 0 heterocycles. The zero-order chi connectivity index (χ0) is 23.8. The summed E-state index contributed by atoms with van der Waals surface area (Å²) >= 11 is 0. The Hall–Kier alpha value is -3.85. The van der Waals surface area contributed by atoms with E-state index in [1.807, 2.05) is 31.2 Å². The molecular formula is C24H24N2O6S. The average Bonchev–Trinajstić information content (AvgIpc) is 2.82. The van der Waals surface area contributed by atoms with Crippen molar-refractivity contribution in [3.8, 4) is 11.5 Å². The summed E-state index contributed by atoms with van der Waals surface area (Å²) in [4.78, 5) is 24.6. The van der Waals surface area contributed by atoms with E-state index in [2.05, 4.69) is 10.9 Å². The van der Waals surface area contributed by atoms with Crippen molar-refractivity contribution in [2.24, 2.45) is 0 Å². The molecule has 0 spiro atoms. The SMILES string of the molecule is CCOc1ccc(OCc2ccc(C(=O)NNC(=O)c3ccc(S(C)(=O)=O)cc3)cc2)cc1. The van der Waals surface area contributed by atoms with Crippen LogP contribution in [0.3, 0.4) is 0 Å². The van der Waals surface area contributed by atoms with Crippen LogP contribution in [0.4, 0.5) is 0 Å². The molecule has 0 saturated heterocycles. The summed E-state index contributed by atoms with van der Waals surface area (Å²) in [5.74, 6) is 0.421. The second-order valence-electron chi connectivity index (χ2n) is 7.09. The highest BCUT2D eigenvalue weighted by atomic mass is 32.2. The van der Waals surface area contributed by atoms with Gasteiger partial charge in [-0.2, -0.15) is 0 Å². The van der Waals surface area contributed by atoms with E-state index < -0.39 is 21.7 Å². The molecule has 3 aromatic rings. The number of carbonyl (C=O) groups is 2. The molecule has 0 aliphatic carbocycles. The second-order valence-corrected chi connectivity index (χ2v) is 9.11. The minimum absolute atomic E-state index is 0.106. The molecule has 0 aliphatic heterocycles. The van der Waals surface area contributed by atoms with Crippen LogP contribution in [-0.4, -0.2) is 33.1 Å². The largest absolute Gasteiger partial charge is 0.494 e. The monoisotopic (exact) mass is 468 g/mol. The van der Waals surface area contributed by atoms with Crippen molar-refractivity contribution in [2.75, 3.05) is 12.9 Å². The Labute approximate surface area is 192 Å². The predicted octanol–water partition coefficient (Wildman–Crippen LogP) is 3.14. The van der Waals surface area contributed by atoms with Gasteiger partial charge in [0.25, 0.3) is 11.8 Å². The van der Waals surface area contributed by atoms with E-state index >= 15 is 0 Å². The van der Waals surface area contributed by atoms with Crippen molar-refractivity contribution in [3.05, 3.63) is 89.5 Å². The normalized spacial score (nSPS) is 10.8. The van der Waals surface area contributed by atoms with Crippen molar-refractivity contribution in [2.45, 2.75) is 18.4 Å². The highest BCUT2D eigenvalue weighted by molar-refractivity contribution is 7.90. The van der Waals surface area contributed by atoms with Crippen LogP contribution in [0.1, 0.15) is 33.2 Å². The maximum atomic E-state index is 12.3. The minimum atomic E-state index is -3.35. The van der Waals surface area contributed by atoms with Crippen LogP contribution in [-0.2, 0) is 16.4 Å². The van der Waals surface area contributed by atoms with Crippen LogP contribution in [0.5, 0.6) is 11.5 Å². The third-order valence-electron chi connectivity index (χ3n) is 4.59. The summed E-state index contributed by atoms with van der Waals surface area (Å²) in [6, 6.07) is 19.5. The molecule has 2 N–H and O–H groups in total. The molecular weight excluding hydrogens is 444 g/mol. The fourth-order valence-electron chi connectivity index (χ4n) is 2.83. The summed E-state index contributed by atoms with van der Waals surface area (Å²) < 4.78 is 34.1. The first kappa shape index (κ1) is 23.8. The lowest BCUT2D eigenvalue weighted by Gasteiger charge is -2.10. The third kappa shape index (κ3) is 6.81. The molecule has 0 bridgehead atoms. The number of hydrogen-bond donors (Lipinski definition) is 2. The molecule has 0 fully saturated rings. The van der Waals surface area contributed by atoms with Gasteiger partial charge in [0.15, 0.2) is 9.84 Å². The van der Waals surface area contributed by atoms with E-state index in [1.54, 1.807) is 24.3 Å². The zero-order valence-corrected chi connectivity index (χ0v) is 19.0. The molecule has 0 saturated carbocycles. The molecule has 0 aromatic heterocycles. The fraction of sp³-hybridized carbons (Fsp3) is 0.167. The maximum Gasteiger partial charge on any atom is 0.269 e. The molecule has 0 unspecified atom stereocenters. The van der Waals surface area contributed by atoms with Gasteiger partial charge in [-0.15, -0.1) is 0 Å². The summed E-state index contributed by atoms with van der Waals surface area (Å²) in [5, 5.41) is 0. The Morgan fingerprint density at radius 2 is 1.18 bits per heavy atom. The lowest BCUT2D eigenvalue weighted by atomic mass is 10.1. The number of ether oxygens (including phenoxy) is 2. The van der Waals surface area contributed by atoms with Gasteiger partial charge in [0, 0.05) is 17.4 Å². The van der Waals surface area contributed by atoms with E-state index in [0.717, 1.165) is 17.6 Å². The molecule has 3 aromatic carbocycles. The van der Waals surface area contributed by atoms with Gasteiger partial charge in [0.05, 0.1) is 11.5 Å². The van der Waals surface area contributed by atoms with E-state index in [4.69, 9.17) is 9.47 Å². The van der Waals surface area contributed by atoms with Gasteiger partial charge < -0.3 is 9.47 Å². The number of rotatable bonds is 8. The first-order chi connectivity index (χ1) is 15.8. The van der Waals surface area contributed by atoms with Crippen LogP contribution >= 0.6 is 0 Å². The number of hydrazine groups is 1. The Balaban J connectivity index is 1.50. The summed E-state index contributed by atoms with van der Waals surface area (Å²) in [5.41, 5.74) is 6.08. The molecule has 0 atom stereocenters. The third-order valence-corrected chi connectivity index (χ3v) is 5.72. The molecule has 0 aliphatic rings. The van der Waals surface area contributed by atoms with E-state index in [1.165, 1.54) is 24.3 Å². The first-order valence-electron chi connectivity index (χ1n) is 10.1. The predicted molar refractivity (Wildman–Crippen MR) is 123 cm³/mol. The molecule has 9 heteroatoms. The quantitative estimate of drug-likeness (QED) is 0.492. The molecule has 2 amide bonds. The minimum Gasteiger partial charge on any atom is -0.494 e. The number of nitrogens with one attached hydrogen (secondary N) is 2. The van der Waals surface area contributed by atoms with Gasteiger partial charge in [-0.3, -0.25) is 20.4 Å². The second kappa shape index (κ2) is 10.6. The summed E-state index contributed by atoms with van der Waals surface area (Å²) in [6.45, 7) is 2.85. The number of carbonyl (C=O) groups excluding carboxylic acids is 2. The topological polar surface area (TPSA) is 111 Å². The number of amides is 2. The van der Waals surface area contributed by atoms with Gasteiger partial charge in [0.1, 0.15) is 18.1 Å². The van der Waals surface area contributed by atoms with Gasteiger partial charge in [-0.1, -0.05) is 12.1 Å². The van der Waals surface area contributed by atoms with Crippen molar-refractivity contribution < 1.29 is 27.5 Å². The van der Waals surface area contributed by atoms with Gasteiger partial charge in [0.2, 0.25) is 0 Å². The van der Waals surface area contributed by atoms with Gasteiger partial charge in [-0.25, -0.2) is 8.42 Å². The fourth-order valence-corrected chi connectivity index (χ4v) is 3.46. The molecule has 172 valence electrons. The summed E-state index contributed by atoms with van der Waals surface area (Å²) in [7, 11) is -3.35. The Morgan fingerprint density at radius 3 is 1.64 bits per heavy atom. The molecule has 8 nitrogen and oxygen atoms in total. The zero-order valence-electron chi connectivity index (χ0n) is 18.2. The smallest absolute Gasteiger partial charge is 0.269 e. The maximum absolute atomic E-state index is 12.3. The molecule has 3 rings (SSSR count). The van der Waals surface area contributed by atoms with E-state index in [0.29, 0.717) is 24.5 Å². The summed E-state index contributed by atoms with van der Waals surface area (Å²) in [6.07, 6.45) is 1.08. The Kier molecular flexibility index (Phi) is 7.68. The van der Waals surface area contributed by atoms with Crippen molar-refractivity contribution >= 4 is 21.7 Å². The standard InChI is InChI=1S/C24H24N2O6S/c1-3-31-20-10-12-21(13-11-20)32-16-17-4-6-18(7-5-17)23(27)25-26-24(28)19-8-14-22(15-9-19)33(2,29)30/h4-15H,3,16H2,1-2H3,(H,25,27)(H,26,28). The van der Waals surface area contributed by atoms with E-state index in [9.17, 15) is 18.0 Å². The Morgan fingerprint density at radius 1 is 0.727 bits per heavy atom. The van der Waals surface area contributed by atoms with Gasteiger partial charge >= 0.3 is 0 Å². The molecule has 33 heavy (non-hydrogen) atoms. The van der Waals surface area contributed by atoms with E-state index in [-0.39, 0.29) is 10.5 Å². The van der Waals surface area contributed by atoms with Crippen LogP contribution in [0, 0.1) is 0 Å². The highest BCUT2D eigenvalue weighted by Gasteiger charge is 2.12. The lowest BCUT2D eigenvalue weighted by Crippen LogP contribution is -2.41. The van der Waals surface area contributed by atoms with Crippen LogP contribution in [0.15, 0.2) is 77.7 Å². The molecule has 0 radical (unpaired) electrons. The van der Waals surface area contributed by atoms with Crippen molar-refractivity contribution in [3.63, 3.8) is 0 Å². The van der Waals surface area contributed by atoms with Crippen LogP contribution in [0.25, 0.3) is 0 Å². The first-order valence-corrected chi connectivity index (χ1v) is 12.0. The van der Waals surface area contributed by atoms with Crippen molar-refractivity contribution in [1.82, 2.24) is 10.9 Å². The number of benzene rings is 3. The lowest BCUT2D eigenvalue weighted by molar-refractivity contribution is 0.0846. The number of sulfone groups is 1. The van der Waals surface area contributed by atoms with Crippen molar-refractivity contribution in [1.29, 1.82) is 0 Å². The highest BCUT2D eigenvalue weighted by Crippen LogP contribution is 2.19. The van der Waals surface area contributed by atoms with Crippen LogP contribution < -0.4 is 20.3 Å². The Bertz CT molecular complexity index is 1210.